The first-order valence-corrected chi connectivity index (χ1v) is 9.95. The molecule has 2 heterocycles. The van der Waals surface area contributed by atoms with Crippen molar-refractivity contribution in [2.45, 2.75) is 6.54 Å². The van der Waals surface area contributed by atoms with E-state index < -0.39 is 11.2 Å². The number of carbonyl (C=O) groups excluding carboxylic acids is 1. The highest BCUT2D eigenvalue weighted by atomic mass is 16.2. The smallest absolute Gasteiger partial charge is 0.296 e. The molecule has 8 heteroatoms. The van der Waals surface area contributed by atoms with E-state index in [1.807, 2.05) is 60.7 Å². The van der Waals surface area contributed by atoms with Gasteiger partial charge in [0.05, 0.1) is 17.9 Å². The first-order valence-electron chi connectivity index (χ1n) is 9.95. The van der Waals surface area contributed by atoms with E-state index in [1.54, 1.807) is 30.3 Å². The minimum Gasteiger partial charge on any atom is -0.296 e. The summed E-state index contributed by atoms with van der Waals surface area (Å²) in [6.07, 6.45) is 3.04. The lowest BCUT2D eigenvalue weighted by atomic mass is 10.2. The van der Waals surface area contributed by atoms with Crippen molar-refractivity contribution < 1.29 is 4.79 Å². The molecule has 32 heavy (non-hydrogen) atoms. The van der Waals surface area contributed by atoms with Crippen LogP contribution in [-0.4, -0.2) is 27.6 Å². The number of nitrogens with zero attached hydrogens (tertiary/aromatic N) is 4. The average Bonchev–Trinajstić information content (AvgIpc) is 2.82. The summed E-state index contributed by atoms with van der Waals surface area (Å²) in [5.41, 5.74) is 1.30. The van der Waals surface area contributed by atoms with Gasteiger partial charge in [-0.05, 0) is 35.9 Å². The standard InChI is InChI=1S/C24H21N5O3/c1-27(21-13-12-18(16-25-21)17-28-15-14-22(30)26-23(28)31)24(32)29(19-8-4-2-5-9-19)20-10-6-3-7-11-20/h2-16H,17H2,1H3,(H,26,30,31). The lowest BCUT2D eigenvalue weighted by Gasteiger charge is -2.28. The van der Waals surface area contributed by atoms with E-state index in [-0.39, 0.29) is 12.6 Å². The molecule has 0 saturated heterocycles. The van der Waals surface area contributed by atoms with Gasteiger partial charge >= 0.3 is 11.7 Å². The van der Waals surface area contributed by atoms with Crippen molar-refractivity contribution in [2.24, 2.45) is 0 Å². The van der Waals surface area contributed by atoms with Crippen LogP contribution in [0.1, 0.15) is 5.56 Å². The summed E-state index contributed by atoms with van der Waals surface area (Å²) in [6.45, 7) is 0.251. The Morgan fingerprint density at radius 3 is 2.06 bits per heavy atom. The predicted octanol–water partition coefficient (Wildman–Crippen LogP) is 3.37. The first kappa shape index (κ1) is 20.8. The van der Waals surface area contributed by atoms with E-state index in [1.165, 1.54) is 21.7 Å². The van der Waals surface area contributed by atoms with Crippen molar-refractivity contribution in [1.82, 2.24) is 14.5 Å². The molecule has 2 amide bonds. The maximum atomic E-state index is 13.4. The largest absolute Gasteiger partial charge is 0.334 e. The Labute approximate surface area is 184 Å². The van der Waals surface area contributed by atoms with Crippen molar-refractivity contribution in [3.8, 4) is 0 Å². The molecule has 1 N–H and O–H groups in total. The molecule has 0 fully saturated rings. The van der Waals surface area contributed by atoms with E-state index in [4.69, 9.17) is 0 Å². The number of urea groups is 1. The fraction of sp³-hybridized carbons (Fsp3) is 0.0833. The van der Waals surface area contributed by atoms with Gasteiger partial charge in [-0.3, -0.25) is 24.1 Å². The average molecular weight is 427 g/mol. The number of hydrogen-bond donors (Lipinski definition) is 1. The summed E-state index contributed by atoms with van der Waals surface area (Å²) in [6, 6.07) is 23.3. The van der Waals surface area contributed by atoms with Crippen LogP contribution in [0.25, 0.3) is 0 Å². The molecule has 8 nitrogen and oxygen atoms in total. The van der Waals surface area contributed by atoms with E-state index >= 15 is 0 Å². The van der Waals surface area contributed by atoms with Crippen molar-refractivity contribution in [3.63, 3.8) is 0 Å². The third-order valence-electron chi connectivity index (χ3n) is 4.91. The van der Waals surface area contributed by atoms with Crippen molar-refractivity contribution in [2.75, 3.05) is 16.8 Å². The van der Waals surface area contributed by atoms with Gasteiger partial charge in [0.2, 0.25) is 0 Å². The highest BCUT2D eigenvalue weighted by Gasteiger charge is 2.23. The Bertz CT molecular complexity index is 1280. The lowest BCUT2D eigenvalue weighted by molar-refractivity contribution is 0.254. The van der Waals surface area contributed by atoms with Crippen LogP contribution in [0.5, 0.6) is 0 Å². The van der Waals surface area contributed by atoms with Crippen molar-refractivity contribution in [1.29, 1.82) is 0 Å². The van der Waals surface area contributed by atoms with Gasteiger partial charge in [0.15, 0.2) is 0 Å². The minimum absolute atomic E-state index is 0.251. The number of hydrogen-bond acceptors (Lipinski definition) is 4. The predicted molar refractivity (Wildman–Crippen MR) is 123 cm³/mol. The summed E-state index contributed by atoms with van der Waals surface area (Å²) in [5, 5.41) is 0. The molecule has 2 aromatic heterocycles. The van der Waals surface area contributed by atoms with Crippen LogP contribution in [0.4, 0.5) is 22.0 Å². The SMILES string of the molecule is CN(C(=O)N(c1ccccc1)c1ccccc1)c1ccc(Cn2ccc(=O)[nH]c2=O)cn1. The number of H-pyrrole nitrogens is 1. The highest BCUT2D eigenvalue weighted by Crippen LogP contribution is 2.27. The van der Waals surface area contributed by atoms with Crippen LogP contribution in [0.2, 0.25) is 0 Å². The maximum Gasteiger partial charge on any atom is 0.334 e. The number of anilines is 3. The molecule has 0 atom stereocenters. The van der Waals surface area contributed by atoms with Gasteiger partial charge in [-0.1, -0.05) is 42.5 Å². The molecule has 0 spiro atoms. The molecule has 0 saturated carbocycles. The summed E-state index contributed by atoms with van der Waals surface area (Å²) in [5.74, 6) is 0.462. The molecule has 0 aliphatic heterocycles. The third kappa shape index (κ3) is 4.49. The zero-order chi connectivity index (χ0) is 22.5. The van der Waals surface area contributed by atoms with Gasteiger partial charge in [-0.15, -0.1) is 0 Å². The quantitative estimate of drug-likeness (QED) is 0.529. The summed E-state index contributed by atoms with van der Waals surface area (Å²) in [4.78, 5) is 46.2. The molecule has 4 aromatic rings. The van der Waals surface area contributed by atoms with Crippen LogP contribution in [0, 0.1) is 0 Å². The highest BCUT2D eigenvalue weighted by molar-refractivity contribution is 6.07. The van der Waals surface area contributed by atoms with Gasteiger partial charge in [0, 0.05) is 25.5 Å². The van der Waals surface area contributed by atoms with Crippen LogP contribution < -0.4 is 21.0 Å². The molecule has 0 bridgehead atoms. The zero-order valence-corrected chi connectivity index (χ0v) is 17.4. The molecular weight excluding hydrogens is 406 g/mol. The fourth-order valence-electron chi connectivity index (χ4n) is 3.25. The van der Waals surface area contributed by atoms with E-state index in [0.717, 1.165) is 16.9 Å². The first-order chi connectivity index (χ1) is 15.5. The summed E-state index contributed by atoms with van der Waals surface area (Å²) < 4.78 is 1.37. The number of benzene rings is 2. The monoisotopic (exact) mass is 427 g/mol. The molecule has 0 radical (unpaired) electrons. The van der Waals surface area contributed by atoms with E-state index in [9.17, 15) is 14.4 Å². The van der Waals surface area contributed by atoms with Crippen LogP contribution >= 0.6 is 0 Å². The third-order valence-corrected chi connectivity index (χ3v) is 4.91. The number of nitrogens with one attached hydrogen (secondary N) is 1. The van der Waals surface area contributed by atoms with Crippen LogP contribution in [0.15, 0.2) is 101 Å². The Hall–Kier alpha value is -4.46. The second kappa shape index (κ2) is 9.13. The molecule has 160 valence electrons. The van der Waals surface area contributed by atoms with E-state index in [2.05, 4.69) is 9.97 Å². The molecule has 4 rings (SSSR count). The van der Waals surface area contributed by atoms with Gasteiger partial charge in [-0.2, -0.15) is 0 Å². The number of aromatic amines is 1. The molecule has 0 unspecified atom stereocenters. The Kier molecular flexibility index (Phi) is 5.94. The number of aromatic nitrogens is 3. The van der Waals surface area contributed by atoms with Gasteiger partial charge in [-0.25, -0.2) is 14.6 Å². The van der Waals surface area contributed by atoms with Gasteiger partial charge in [0.25, 0.3) is 5.56 Å². The second-order valence-corrected chi connectivity index (χ2v) is 7.11. The second-order valence-electron chi connectivity index (χ2n) is 7.11. The normalized spacial score (nSPS) is 10.5. The molecule has 0 aliphatic rings. The number of carbonyl (C=O) groups is 1. The zero-order valence-electron chi connectivity index (χ0n) is 17.4. The molecular formula is C24H21N5O3. The molecule has 2 aromatic carbocycles. The van der Waals surface area contributed by atoms with Crippen LogP contribution in [0.3, 0.4) is 0 Å². The molecule has 0 aliphatic carbocycles. The van der Waals surface area contributed by atoms with Crippen molar-refractivity contribution in [3.05, 3.63) is 118 Å². The number of amides is 2. The minimum atomic E-state index is -0.491. The Morgan fingerprint density at radius 2 is 1.53 bits per heavy atom. The summed E-state index contributed by atoms with van der Waals surface area (Å²) in [7, 11) is 1.66. The van der Waals surface area contributed by atoms with Gasteiger partial charge in [0.1, 0.15) is 5.82 Å². The maximum absolute atomic E-state index is 13.4. The van der Waals surface area contributed by atoms with Gasteiger partial charge < -0.3 is 0 Å². The lowest BCUT2D eigenvalue weighted by Crippen LogP contribution is -2.39. The van der Waals surface area contributed by atoms with Crippen molar-refractivity contribution >= 4 is 23.2 Å². The number of pyridine rings is 1. The summed E-state index contributed by atoms with van der Waals surface area (Å²) >= 11 is 0. The topological polar surface area (TPSA) is 91.3 Å². The Balaban J connectivity index is 1.58. The fourth-order valence-corrected chi connectivity index (χ4v) is 3.25. The van der Waals surface area contributed by atoms with E-state index in [0.29, 0.717) is 5.82 Å². The van der Waals surface area contributed by atoms with Crippen LogP contribution in [-0.2, 0) is 6.54 Å². The Morgan fingerprint density at radius 1 is 0.906 bits per heavy atom. The number of para-hydroxylation sites is 2. The number of rotatable bonds is 5.